The summed E-state index contributed by atoms with van der Waals surface area (Å²) in [5.41, 5.74) is 1.30. The molecular formula is C13H13N3O2. The van der Waals surface area contributed by atoms with E-state index in [1.165, 1.54) is 7.11 Å². The van der Waals surface area contributed by atoms with Crippen LogP contribution in [0.2, 0.25) is 0 Å². The van der Waals surface area contributed by atoms with E-state index in [0.717, 1.165) is 5.56 Å². The fourth-order valence-corrected chi connectivity index (χ4v) is 1.42. The van der Waals surface area contributed by atoms with E-state index in [1.54, 1.807) is 12.1 Å². The summed E-state index contributed by atoms with van der Waals surface area (Å²) in [7, 11) is 1.50. The highest BCUT2D eigenvalue weighted by molar-refractivity contribution is 5.92. The van der Waals surface area contributed by atoms with Crippen molar-refractivity contribution < 1.29 is 9.53 Å². The Balaban J connectivity index is 1.95. The van der Waals surface area contributed by atoms with Crippen LogP contribution in [0, 0.1) is 0 Å². The molecular weight excluding hydrogens is 230 g/mol. The third-order valence-electron chi connectivity index (χ3n) is 2.38. The SMILES string of the molecule is COc1ccc(C(=O)NCc2ccccc2)nn1. The molecule has 2 rings (SSSR count). The maximum absolute atomic E-state index is 11.8. The molecule has 92 valence electrons. The summed E-state index contributed by atoms with van der Waals surface area (Å²) >= 11 is 0. The Hall–Kier alpha value is -2.43. The average molecular weight is 243 g/mol. The third kappa shape index (κ3) is 3.04. The number of amides is 1. The number of aromatic nitrogens is 2. The zero-order valence-corrected chi connectivity index (χ0v) is 9.96. The molecule has 18 heavy (non-hydrogen) atoms. The molecule has 0 saturated carbocycles. The van der Waals surface area contributed by atoms with Gasteiger partial charge in [0, 0.05) is 12.6 Å². The lowest BCUT2D eigenvalue weighted by Crippen LogP contribution is -2.24. The number of rotatable bonds is 4. The molecule has 0 aliphatic heterocycles. The largest absolute Gasteiger partial charge is 0.480 e. The highest BCUT2D eigenvalue weighted by Crippen LogP contribution is 2.04. The summed E-state index contributed by atoms with van der Waals surface area (Å²) in [6.45, 7) is 0.466. The van der Waals surface area contributed by atoms with Crippen LogP contribution in [0.5, 0.6) is 5.88 Å². The van der Waals surface area contributed by atoms with E-state index in [1.807, 2.05) is 30.3 Å². The van der Waals surface area contributed by atoms with Gasteiger partial charge in [0.25, 0.3) is 5.91 Å². The van der Waals surface area contributed by atoms with Crippen LogP contribution >= 0.6 is 0 Å². The number of methoxy groups -OCH3 is 1. The first-order valence-corrected chi connectivity index (χ1v) is 5.49. The Morgan fingerprint density at radius 3 is 2.56 bits per heavy atom. The number of carbonyl (C=O) groups excluding carboxylic acids is 1. The first-order chi connectivity index (χ1) is 8.79. The molecule has 0 fully saturated rings. The number of nitrogens with one attached hydrogen (secondary N) is 1. The van der Waals surface area contributed by atoms with E-state index in [9.17, 15) is 4.79 Å². The van der Waals surface area contributed by atoms with Crippen LogP contribution in [-0.2, 0) is 6.54 Å². The van der Waals surface area contributed by atoms with Crippen molar-refractivity contribution in [1.29, 1.82) is 0 Å². The first kappa shape index (κ1) is 12.0. The molecule has 1 N–H and O–H groups in total. The molecule has 5 heteroatoms. The van der Waals surface area contributed by atoms with E-state index in [2.05, 4.69) is 15.5 Å². The van der Waals surface area contributed by atoms with Crippen molar-refractivity contribution >= 4 is 5.91 Å². The molecule has 1 aromatic heterocycles. The quantitative estimate of drug-likeness (QED) is 0.882. The Labute approximate surface area is 105 Å². The molecule has 0 atom stereocenters. The van der Waals surface area contributed by atoms with Crippen LogP contribution in [0.1, 0.15) is 16.1 Å². The zero-order chi connectivity index (χ0) is 12.8. The van der Waals surface area contributed by atoms with Crippen LogP contribution in [0.3, 0.4) is 0 Å². The van der Waals surface area contributed by atoms with Crippen molar-refractivity contribution in [3.8, 4) is 5.88 Å². The van der Waals surface area contributed by atoms with Crippen molar-refractivity contribution in [3.05, 3.63) is 53.7 Å². The molecule has 2 aromatic rings. The first-order valence-electron chi connectivity index (χ1n) is 5.49. The summed E-state index contributed by atoms with van der Waals surface area (Å²) in [6, 6.07) is 12.8. The van der Waals surface area contributed by atoms with Crippen molar-refractivity contribution in [2.24, 2.45) is 0 Å². The van der Waals surface area contributed by atoms with Crippen molar-refractivity contribution in [2.45, 2.75) is 6.54 Å². The van der Waals surface area contributed by atoms with E-state index in [-0.39, 0.29) is 11.6 Å². The standard InChI is InChI=1S/C13H13N3O2/c1-18-12-8-7-11(15-16-12)13(17)14-9-10-5-3-2-4-6-10/h2-8H,9H2,1H3,(H,14,17). The third-order valence-corrected chi connectivity index (χ3v) is 2.38. The van der Waals surface area contributed by atoms with E-state index in [4.69, 9.17) is 4.74 Å². The highest BCUT2D eigenvalue weighted by atomic mass is 16.5. The summed E-state index contributed by atoms with van der Waals surface area (Å²) in [5.74, 6) is 0.128. The monoisotopic (exact) mass is 243 g/mol. The van der Waals surface area contributed by atoms with Crippen LogP contribution < -0.4 is 10.1 Å². The summed E-state index contributed by atoms with van der Waals surface area (Å²) < 4.78 is 4.87. The fraction of sp³-hybridized carbons (Fsp3) is 0.154. The van der Waals surface area contributed by atoms with Crippen molar-refractivity contribution in [3.63, 3.8) is 0 Å². The van der Waals surface area contributed by atoms with Crippen LogP contribution in [-0.4, -0.2) is 23.2 Å². The van der Waals surface area contributed by atoms with Gasteiger partial charge in [0.15, 0.2) is 5.69 Å². The molecule has 0 aliphatic rings. The summed E-state index contributed by atoms with van der Waals surface area (Å²) in [4.78, 5) is 11.8. The van der Waals surface area contributed by atoms with E-state index < -0.39 is 0 Å². The molecule has 0 aliphatic carbocycles. The lowest BCUT2D eigenvalue weighted by atomic mass is 10.2. The number of hydrogen-bond acceptors (Lipinski definition) is 4. The average Bonchev–Trinajstić information content (AvgIpc) is 2.46. The van der Waals surface area contributed by atoms with Gasteiger partial charge in [-0.25, -0.2) is 0 Å². The predicted molar refractivity (Wildman–Crippen MR) is 66.2 cm³/mol. The smallest absolute Gasteiger partial charge is 0.272 e. The molecule has 0 spiro atoms. The predicted octanol–water partition coefficient (Wildman–Crippen LogP) is 1.42. The highest BCUT2D eigenvalue weighted by Gasteiger charge is 2.07. The second kappa shape index (κ2) is 5.77. The zero-order valence-electron chi connectivity index (χ0n) is 9.96. The van der Waals surface area contributed by atoms with Crippen molar-refractivity contribution in [2.75, 3.05) is 7.11 Å². The number of nitrogens with zero attached hydrogens (tertiary/aromatic N) is 2. The molecule has 5 nitrogen and oxygen atoms in total. The van der Waals surface area contributed by atoms with E-state index >= 15 is 0 Å². The fourth-order valence-electron chi connectivity index (χ4n) is 1.42. The van der Waals surface area contributed by atoms with Gasteiger partial charge in [-0.05, 0) is 11.6 Å². The topological polar surface area (TPSA) is 64.1 Å². The number of benzene rings is 1. The van der Waals surface area contributed by atoms with Gasteiger partial charge < -0.3 is 10.1 Å². The molecule has 1 aromatic carbocycles. The lowest BCUT2D eigenvalue weighted by molar-refractivity contribution is 0.0944. The van der Waals surface area contributed by atoms with Gasteiger partial charge in [0.1, 0.15) is 0 Å². The minimum absolute atomic E-state index is 0.256. The minimum Gasteiger partial charge on any atom is -0.480 e. The molecule has 1 amide bonds. The van der Waals surface area contributed by atoms with Gasteiger partial charge in [-0.3, -0.25) is 4.79 Å². The Morgan fingerprint density at radius 2 is 1.94 bits per heavy atom. The molecule has 0 saturated heterocycles. The van der Waals surface area contributed by atoms with E-state index in [0.29, 0.717) is 12.4 Å². The van der Waals surface area contributed by atoms with Crippen molar-refractivity contribution in [1.82, 2.24) is 15.5 Å². The lowest BCUT2D eigenvalue weighted by Gasteiger charge is -2.04. The van der Waals surface area contributed by atoms with Gasteiger partial charge >= 0.3 is 0 Å². The molecule has 0 bridgehead atoms. The van der Waals surface area contributed by atoms with Crippen LogP contribution in [0.4, 0.5) is 0 Å². The van der Waals surface area contributed by atoms with Crippen LogP contribution in [0.15, 0.2) is 42.5 Å². The number of hydrogen-bond donors (Lipinski definition) is 1. The minimum atomic E-state index is -0.256. The van der Waals surface area contributed by atoms with Crippen LogP contribution in [0.25, 0.3) is 0 Å². The number of ether oxygens (including phenoxy) is 1. The van der Waals surface area contributed by atoms with Gasteiger partial charge in [-0.1, -0.05) is 30.3 Å². The molecule has 0 unspecified atom stereocenters. The normalized spacial score (nSPS) is 9.83. The second-order valence-corrected chi connectivity index (χ2v) is 3.63. The Morgan fingerprint density at radius 1 is 1.17 bits per heavy atom. The number of carbonyl (C=O) groups is 1. The van der Waals surface area contributed by atoms with Gasteiger partial charge in [0.2, 0.25) is 5.88 Å². The van der Waals surface area contributed by atoms with Gasteiger partial charge in [-0.15, -0.1) is 10.2 Å². The maximum atomic E-state index is 11.8. The molecule has 0 radical (unpaired) electrons. The summed E-state index contributed by atoms with van der Waals surface area (Å²) in [6.07, 6.45) is 0. The van der Waals surface area contributed by atoms with Gasteiger partial charge in [0.05, 0.1) is 7.11 Å². The molecule has 1 heterocycles. The maximum Gasteiger partial charge on any atom is 0.272 e. The van der Waals surface area contributed by atoms with Gasteiger partial charge in [-0.2, -0.15) is 0 Å². The summed E-state index contributed by atoms with van der Waals surface area (Å²) in [5, 5.41) is 10.3. The Kier molecular flexibility index (Phi) is 3.86. The Bertz CT molecular complexity index is 512. The second-order valence-electron chi connectivity index (χ2n) is 3.63.